The van der Waals surface area contributed by atoms with Gasteiger partial charge in [-0.3, -0.25) is 14.4 Å². The van der Waals surface area contributed by atoms with Crippen molar-refractivity contribution >= 4 is 23.7 Å². The van der Waals surface area contributed by atoms with Gasteiger partial charge in [0, 0.05) is 31.3 Å². The zero-order chi connectivity index (χ0) is 30.6. The molecule has 2 N–H and O–H groups in total. The summed E-state index contributed by atoms with van der Waals surface area (Å²) in [6.07, 6.45) is 3.64. The Morgan fingerprint density at radius 3 is 2.45 bits per heavy atom. The molecule has 6 aliphatic rings. The maximum atomic E-state index is 13.7. The van der Waals surface area contributed by atoms with Crippen LogP contribution in [0, 0.1) is 28.6 Å². The highest BCUT2D eigenvalue weighted by Gasteiger charge is 2.83. The van der Waals surface area contributed by atoms with Gasteiger partial charge in [-0.1, -0.05) is 5.57 Å². The molecule has 0 aromatic heterocycles. The molecule has 2 unspecified atom stereocenters. The molecule has 0 aromatic rings. The molecule has 1 spiro atoms. The number of hydrogen-bond acceptors (Lipinski definition) is 10. The van der Waals surface area contributed by atoms with E-state index < -0.39 is 57.7 Å². The van der Waals surface area contributed by atoms with E-state index in [9.17, 15) is 29.4 Å². The normalized spacial score (nSPS) is 46.9. The Morgan fingerprint density at radius 1 is 1.12 bits per heavy atom. The highest BCUT2D eigenvalue weighted by molar-refractivity contribution is 5.98. The van der Waals surface area contributed by atoms with E-state index in [0.29, 0.717) is 31.3 Å². The Balaban J connectivity index is 1.39. The summed E-state index contributed by atoms with van der Waals surface area (Å²) in [6, 6.07) is 0. The average molecular weight is 587 g/mol. The number of rotatable bonds is 5. The van der Waals surface area contributed by atoms with Crippen LogP contribution >= 0.6 is 0 Å². The van der Waals surface area contributed by atoms with Crippen LogP contribution in [0.3, 0.4) is 0 Å². The number of allylic oxidation sites excluding steroid dienone is 1. The third-order valence-corrected chi connectivity index (χ3v) is 12.4. The summed E-state index contributed by atoms with van der Waals surface area (Å²) in [5.41, 5.74) is -5.25. The number of carbonyl (C=O) groups is 4. The van der Waals surface area contributed by atoms with Crippen molar-refractivity contribution in [3.63, 3.8) is 0 Å². The summed E-state index contributed by atoms with van der Waals surface area (Å²) in [4.78, 5) is 50.5. The molecule has 230 valence electrons. The van der Waals surface area contributed by atoms with Gasteiger partial charge in [0.25, 0.3) is 0 Å². The quantitative estimate of drug-likeness (QED) is 0.280. The zero-order valence-corrected chi connectivity index (χ0v) is 25.2. The standard InChI is InChI=1S/C32H42O10/c1-16-13-25(41-27(36)17(16)2)29(6,37)31(38)12-10-22-20-14-26-32(42-26)24(40-19(4)34)8-7-23(35)28(32,5)21(20)9-11-30(22,31)15-39-18(3)33/h7-8,20-22,24-26,37-38H,9-15H2,1-6H3/t20-,21+,22?,24+,25?,26-,28+,29+,30-,31-,32-/m1/s1. The molecule has 42 heavy (non-hydrogen) atoms. The van der Waals surface area contributed by atoms with E-state index in [-0.39, 0.29) is 49.1 Å². The first-order valence-electron chi connectivity index (χ1n) is 15.1. The van der Waals surface area contributed by atoms with Crippen LogP contribution in [-0.2, 0) is 38.1 Å². The Labute approximate surface area is 245 Å². The second-order valence-corrected chi connectivity index (χ2v) is 14.0. The highest BCUT2D eigenvalue weighted by Crippen LogP contribution is 2.74. The van der Waals surface area contributed by atoms with Gasteiger partial charge < -0.3 is 29.2 Å². The number of epoxide rings is 1. The first-order chi connectivity index (χ1) is 19.6. The predicted octanol–water partition coefficient (Wildman–Crippen LogP) is 2.72. The van der Waals surface area contributed by atoms with Crippen molar-refractivity contribution in [3.05, 3.63) is 23.3 Å². The molecule has 4 aliphatic carbocycles. The number of esters is 3. The number of cyclic esters (lactones) is 1. The van der Waals surface area contributed by atoms with Crippen LogP contribution in [0.25, 0.3) is 0 Å². The molecule has 4 fully saturated rings. The molecule has 0 aromatic carbocycles. The van der Waals surface area contributed by atoms with E-state index in [1.54, 1.807) is 13.0 Å². The van der Waals surface area contributed by atoms with Crippen LogP contribution in [0.4, 0.5) is 0 Å². The van der Waals surface area contributed by atoms with Crippen molar-refractivity contribution < 1.29 is 48.3 Å². The van der Waals surface area contributed by atoms with Crippen LogP contribution in [0.2, 0.25) is 0 Å². The van der Waals surface area contributed by atoms with Crippen molar-refractivity contribution in [2.45, 2.75) is 115 Å². The molecule has 3 saturated carbocycles. The van der Waals surface area contributed by atoms with Gasteiger partial charge >= 0.3 is 17.9 Å². The molecule has 0 bridgehead atoms. The van der Waals surface area contributed by atoms with Gasteiger partial charge in [-0.25, -0.2) is 4.79 Å². The fraction of sp³-hybridized carbons (Fsp3) is 0.750. The number of fused-ring (bicyclic) bond motifs is 4. The maximum Gasteiger partial charge on any atom is 0.334 e. The molecule has 10 heteroatoms. The molecule has 11 atom stereocenters. The fourth-order valence-corrected chi connectivity index (χ4v) is 10.0. The van der Waals surface area contributed by atoms with Crippen molar-refractivity contribution in [1.82, 2.24) is 0 Å². The minimum atomic E-state index is -1.85. The Bertz CT molecular complexity index is 1310. The van der Waals surface area contributed by atoms with Crippen LogP contribution < -0.4 is 0 Å². The Morgan fingerprint density at radius 2 is 1.81 bits per heavy atom. The van der Waals surface area contributed by atoms with E-state index in [2.05, 4.69) is 0 Å². The molecular formula is C32H42O10. The predicted molar refractivity (Wildman–Crippen MR) is 146 cm³/mol. The second-order valence-electron chi connectivity index (χ2n) is 14.0. The topological polar surface area (TPSA) is 149 Å². The number of ketones is 1. The van der Waals surface area contributed by atoms with Gasteiger partial charge in [-0.05, 0) is 89.7 Å². The first-order valence-corrected chi connectivity index (χ1v) is 15.1. The Kier molecular flexibility index (Phi) is 6.48. The van der Waals surface area contributed by atoms with E-state index in [4.69, 9.17) is 18.9 Å². The van der Waals surface area contributed by atoms with E-state index in [0.717, 1.165) is 5.57 Å². The summed E-state index contributed by atoms with van der Waals surface area (Å²) in [5.74, 6) is -1.96. The lowest BCUT2D eigenvalue weighted by molar-refractivity contribution is -0.266. The fourth-order valence-electron chi connectivity index (χ4n) is 10.0. The molecule has 0 amide bonds. The number of ether oxygens (including phenoxy) is 4. The van der Waals surface area contributed by atoms with Gasteiger partial charge in [0.05, 0.1) is 11.5 Å². The van der Waals surface area contributed by atoms with Gasteiger partial charge in [0.1, 0.15) is 29.5 Å². The summed E-state index contributed by atoms with van der Waals surface area (Å²) in [5, 5.41) is 24.9. The minimum absolute atomic E-state index is 0.0670. The zero-order valence-electron chi connectivity index (χ0n) is 25.2. The van der Waals surface area contributed by atoms with Gasteiger partial charge in [-0.15, -0.1) is 0 Å². The van der Waals surface area contributed by atoms with Crippen molar-refractivity contribution in [3.8, 4) is 0 Å². The van der Waals surface area contributed by atoms with E-state index in [1.165, 1.54) is 26.8 Å². The first kappa shape index (κ1) is 29.5. The smallest absolute Gasteiger partial charge is 0.334 e. The number of aliphatic hydroxyl groups is 2. The molecule has 0 radical (unpaired) electrons. The molecule has 2 heterocycles. The molecule has 1 saturated heterocycles. The van der Waals surface area contributed by atoms with Crippen LogP contribution in [0.5, 0.6) is 0 Å². The van der Waals surface area contributed by atoms with Crippen molar-refractivity contribution in [2.24, 2.45) is 28.6 Å². The lowest BCUT2D eigenvalue weighted by Gasteiger charge is -2.61. The average Bonchev–Trinajstić information content (AvgIpc) is 3.57. The SMILES string of the molecule is CC(=O)OC[C@]12CC[C@H]3[C@@H](C[C@H]4O[C@]45[C@@H](OC(C)=O)C=CC(=O)[C@]35C)C1CC[C@@]2(O)[C@@](C)(O)C1CC(C)=C(C)C(=O)O1. The molecule has 2 aliphatic heterocycles. The van der Waals surface area contributed by atoms with Gasteiger partial charge in [-0.2, -0.15) is 0 Å². The van der Waals surface area contributed by atoms with Crippen LogP contribution in [-0.4, -0.2) is 75.6 Å². The Hall–Kier alpha value is -2.56. The maximum absolute atomic E-state index is 13.7. The second kappa shape index (κ2) is 9.22. The minimum Gasteiger partial charge on any atom is -0.465 e. The number of carbonyl (C=O) groups excluding carboxylic acids is 4. The largest absolute Gasteiger partial charge is 0.465 e. The van der Waals surface area contributed by atoms with Crippen LogP contribution in [0.15, 0.2) is 23.3 Å². The van der Waals surface area contributed by atoms with Gasteiger partial charge in [0.2, 0.25) is 0 Å². The monoisotopic (exact) mass is 586 g/mol. The van der Waals surface area contributed by atoms with E-state index in [1.807, 2.05) is 13.8 Å². The van der Waals surface area contributed by atoms with Crippen molar-refractivity contribution in [1.29, 1.82) is 0 Å². The third kappa shape index (κ3) is 3.54. The van der Waals surface area contributed by atoms with E-state index >= 15 is 0 Å². The molecule has 6 rings (SSSR count). The lowest BCUT2D eigenvalue weighted by atomic mass is 9.43. The molecule has 10 nitrogen and oxygen atoms in total. The molecular weight excluding hydrogens is 544 g/mol. The summed E-state index contributed by atoms with van der Waals surface area (Å²) < 4.78 is 23.4. The lowest BCUT2D eigenvalue weighted by Crippen LogP contribution is -2.71. The highest BCUT2D eigenvalue weighted by atomic mass is 16.7. The third-order valence-electron chi connectivity index (χ3n) is 12.4. The summed E-state index contributed by atoms with van der Waals surface area (Å²) in [7, 11) is 0. The summed E-state index contributed by atoms with van der Waals surface area (Å²) in [6.45, 7) is 9.51. The van der Waals surface area contributed by atoms with Crippen LogP contribution in [0.1, 0.15) is 80.1 Å². The van der Waals surface area contributed by atoms with Gasteiger partial charge in [0.15, 0.2) is 11.9 Å². The number of hydrogen-bond donors (Lipinski definition) is 2. The summed E-state index contributed by atoms with van der Waals surface area (Å²) >= 11 is 0. The van der Waals surface area contributed by atoms with Crippen molar-refractivity contribution in [2.75, 3.05) is 6.61 Å².